The van der Waals surface area contributed by atoms with Gasteiger partial charge in [-0.2, -0.15) is 0 Å². The first kappa shape index (κ1) is 22.3. The van der Waals surface area contributed by atoms with Crippen LogP contribution in [0.5, 0.6) is 0 Å². The smallest absolute Gasteiger partial charge is 0.349 e. The Balaban J connectivity index is 1.65. The summed E-state index contributed by atoms with van der Waals surface area (Å²) in [7, 11) is 0. The normalized spacial score (nSPS) is 19.2. The summed E-state index contributed by atoms with van der Waals surface area (Å²) in [6.45, 7) is 6.15. The van der Waals surface area contributed by atoms with Gasteiger partial charge in [0.05, 0.1) is 17.6 Å². The Morgan fingerprint density at radius 2 is 1.66 bits per heavy atom. The number of rotatable bonds is 6. The molecule has 0 fully saturated rings. The van der Waals surface area contributed by atoms with Crippen LogP contribution in [0.4, 0.5) is 0 Å². The van der Waals surface area contributed by atoms with Gasteiger partial charge in [-0.25, -0.2) is 4.79 Å². The Bertz CT molecular complexity index is 1110. The third-order valence-electron chi connectivity index (χ3n) is 5.67. The standard InChI is InChI=1S/C27H28O4S/c1-26(2,3)24-22(15-17-30-24)32-23-21(28)18-27(31-25(23)29,20-12-8-5-9-13-20)16-14-19-10-6-4-7-11-19/h4-13,15,17,28H,14,16,18H2,1-3H3. The van der Waals surface area contributed by atoms with Crippen LogP contribution in [-0.4, -0.2) is 11.1 Å². The number of ether oxygens (including phenoxy) is 1. The van der Waals surface area contributed by atoms with E-state index in [2.05, 4.69) is 12.1 Å². The summed E-state index contributed by atoms with van der Waals surface area (Å²) in [5.41, 5.74) is 0.921. The highest BCUT2D eigenvalue weighted by atomic mass is 32.2. The monoisotopic (exact) mass is 448 g/mol. The van der Waals surface area contributed by atoms with Crippen LogP contribution in [0.15, 0.2) is 93.0 Å². The summed E-state index contributed by atoms with van der Waals surface area (Å²) in [5, 5.41) is 11.1. The van der Waals surface area contributed by atoms with Crippen LogP contribution in [0.3, 0.4) is 0 Å². The highest BCUT2D eigenvalue weighted by Crippen LogP contribution is 2.46. The molecule has 1 aliphatic heterocycles. The number of thioether (sulfide) groups is 1. The minimum atomic E-state index is -0.911. The average Bonchev–Trinajstić information content (AvgIpc) is 3.25. The van der Waals surface area contributed by atoms with E-state index in [4.69, 9.17) is 9.15 Å². The van der Waals surface area contributed by atoms with Gasteiger partial charge in [0.1, 0.15) is 22.0 Å². The third kappa shape index (κ3) is 4.63. The predicted octanol–water partition coefficient (Wildman–Crippen LogP) is 6.91. The maximum Gasteiger partial charge on any atom is 0.349 e. The number of aliphatic hydroxyl groups excluding tert-OH is 1. The summed E-state index contributed by atoms with van der Waals surface area (Å²) in [6.07, 6.45) is 3.16. The van der Waals surface area contributed by atoms with Crippen molar-refractivity contribution in [2.75, 3.05) is 0 Å². The molecule has 0 aliphatic carbocycles. The first-order valence-electron chi connectivity index (χ1n) is 10.8. The molecule has 0 amide bonds. The molecule has 3 aromatic rings. The average molecular weight is 449 g/mol. The van der Waals surface area contributed by atoms with Gasteiger partial charge in [-0.15, -0.1) is 0 Å². The van der Waals surface area contributed by atoms with Gasteiger partial charge in [0.25, 0.3) is 0 Å². The minimum Gasteiger partial charge on any atom is -0.511 e. The van der Waals surface area contributed by atoms with E-state index in [0.717, 1.165) is 28.2 Å². The van der Waals surface area contributed by atoms with Crippen LogP contribution < -0.4 is 0 Å². The Labute approximate surface area is 193 Å². The molecule has 1 aromatic heterocycles. The van der Waals surface area contributed by atoms with Crippen molar-refractivity contribution >= 4 is 17.7 Å². The van der Waals surface area contributed by atoms with Gasteiger partial charge in [0, 0.05) is 5.41 Å². The summed E-state index contributed by atoms with van der Waals surface area (Å²) >= 11 is 1.21. The van der Waals surface area contributed by atoms with E-state index in [1.54, 1.807) is 6.26 Å². The van der Waals surface area contributed by atoms with Crippen LogP contribution in [0.1, 0.15) is 50.5 Å². The predicted molar refractivity (Wildman–Crippen MR) is 127 cm³/mol. The second-order valence-corrected chi connectivity index (χ2v) is 10.2. The summed E-state index contributed by atoms with van der Waals surface area (Å²) in [5.74, 6) is 0.334. The molecule has 4 nitrogen and oxygen atoms in total. The van der Waals surface area contributed by atoms with E-state index in [1.165, 1.54) is 11.8 Å². The number of furan rings is 1. The fourth-order valence-corrected chi connectivity index (χ4v) is 5.15. The molecule has 0 saturated heterocycles. The molecule has 166 valence electrons. The molecule has 2 aromatic carbocycles. The van der Waals surface area contributed by atoms with Crippen molar-refractivity contribution in [2.24, 2.45) is 0 Å². The van der Waals surface area contributed by atoms with E-state index >= 15 is 0 Å². The molecule has 0 spiro atoms. The number of hydrogen-bond acceptors (Lipinski definition) is 5. The van der Waals surface area contributed by atoms with Crippen molar-refractivity contribution in [3.63, 3.8) is 0 Å². The molecule has 1 unspecified atom stereocenters. The lowest BCUT2D eigenvalue weighted by Gasteiger charge is -2.37. The van der Waals surface area contributed by atoms with Gasteiger partial charge in [0.15, 0.2) is 0 Å². The first-order valence-corrected chi connectivity index (χ1v) is 11.6. The van der Waals surface area contributed by atoms with E-state index in [1.807, 2.05) is 75.4 Å². The van der Waals surface area contributed by atoms with E-state index in [-0.39, 0.29) is 22.5 Å². The van der Waals surface area contributed by atoms with Crippen molar-refractivity contribution in [2.45, 2.75) is 55.9 Å². The second-order valence-electron chi connectivity index (χ2n) is 9.15. The van der Waals surface area contributed by atoms with Crippen LogP contribution in [0.2, 0.25) is 0 Å². The highest BCUT2D eigenvalue weighted by molar-refractivity contribution is 8.04. The molecular formula is C27H28O4S. The number of esters is 1. The van der Waals surface area contributed by atoms with Crippen molar-refractivity contribution in [3.05, 3.63) is 101 Å². The lowest BCUT2D eigenvalue weighted by molar-refractivity contribution is -0.160. The number of carbonyl (C=O) groups excluding carboxylic acids is 1. The van der Waals surface area contributed by atoms with Crippen LogP contribution in [-0.2, 0) is 27.0 Å². The SMILES string of the molecule is CC(C)(C)c1occc1SC1=C(O)CC(CCc2ccccc2)(c2ccccc2)OC1=O. The molecule has 2 heterocycles. The van der Waals surface area contributed by atoms with Crippen LogP contribution in [0, 0.1) is 0 Å². The number of cyclic esters (lactones) is 1. The fourth-order valence-electron chi connectivity index (χ4n) is 4.04. The zero-order valence-corrected chi connectivity index (χ0v) is 19.4. The molecule has 1 aliphatic rings. The topological polar surface area (TPSA) is 59.7 Å². The maximum absolute atomic E-state index is 13.2. The molecular weight excluding hydrogens is 420 g/mol. The largest absolute Gasteiger partial charge is 0.511 e. The summed E-state index contributed by atoms with van der Waals surface area (Å²) in [6, 6.07) is 21.6. The quantitative estimate of drug-likeness (QED) is 0.415. The second kappa shape index (κ2) is 8.91. The number of benzene rings is 2. The summed E-state index contributed by atoms with van der Waals surface area (Å²) in [4.78, 5) is 14.2. The Morgan fingerprint density at radius 3 is 2.28 bits per heavy atom. The van der Waals surface area contributed by atoms with Gasteiger partial charge in [-0.05, 0) is 30.0 Å². The van der Waals surface area contributed by atoms with E-state index in [9.17, 15) is 9.90 Å². The van der Waals surface area contributed by atoms with Gasteiger partial charge in [-0.1, -0.05) is 93.2 Å². The number of carbonyl (C=O) groups is 1. The first-order chi connectivity index (χ1) is 15.3. The fraction of sp³-hybridized carbons (Fsp3) is 0.296. The Kier molecular flexibility index (Phi) is 6.20. The maximum atomic E-state index is 13.2. The molecule has 0 radical (unpaired) electrons. The van der Waals surface area contributed by atoms with Crippen LogP contribution in [0.25, 0.3) is 0 Å². The molecule has 0 bridgehead atoms. The van der Waals surface area contributed by atoms with E-state index in [0.29, 0.717) is 6.42 Å². The van der Waals surface area contributed by atoms with Crippen molar-refractivity contribution in [3.8, 4) is 0 Å². The van der Waals surface area contributed by atoms with Crippen molar-refractivity contribution < 1.29 is 19.1 Å². The summed E-state index contributed by atoms with van der Waals surface area (Å²) < 4.78 is 11.8. The molecule has 1 N–H and O–H groups in total. The molecule has 5 heteroatoms. The molecule has 4 rings (SSSR count). The lowest BCUT2D eigenvalue weighted by atomic mass is 9.82. The lowest BCUT2D eigenvalue weighted by Crippen LogP contribution is -2.38. The molecule has 1 atom stereocenters. The van der Waals surface area contributed by atoms with E-state index < -0.39 is 11.6 Å². The number of hydrogen-bond donors (Lipinski definition) is 1. The van der Waals surface area contributed by atoms with Crippen molar-refractivity contribution in [1.29, 1.82) is 0 Å². The third-order valence-corrected chi connectivity index (χ3v) is 6.82. The van der Waals surface area contributed by atoms with Gasteiger partial charge >= 0.3 is 5.97 Å². The van der Waals surface area contributed by atoms with Crippen LogP contribution >= 0.6 is 11.8 Å². The van der Waals surface area contributed by atoms with Crippen molar-refractivity contribution in [1.82, 2.24) is 0 Å². The number of aryl methyl sites for hydroxylation is 1. The molecule has 32 heavy (non-hydrogen) atoms. The molecule has 0 saturated carbocycles. The van der Waals surface area contributed by atoms with Gasteiger partial charge in [-0.3, -0.25) is 0 Å². The Hall–Kier alpha value is -2.92. The zero-order chi connectivity index (χ0) is 22.8. The van der Waals surface area contributed by atoms with Gasteiger partial charge < -0.3 is 14.3 Å². The minimum absolute atomic E-state index is 0.0595. The number of aliphatic hydroxyl groups is 1. The highest BCUT2D eigenvalue weighted by Gasteiger charge is 2.44. The van der Waals surface area contributed by atoms with Gasteiger partial charge in [0.2, 0.25) is 0 Å². The Morgan fingerprint density at radius 1 is 1.00 bits per heavy atom. The zero-order valence-electron chi connectivity index (χ0n) is 18.6.